The molecule has 0 atom stereocenters. The summed E-state index contributed by atoms with van der Waals surface area (Å²) < 4.78 is 24.9. The van der Waals surface area contributed by atoms with Crippen LogP contribution in [0.5, 0.6) is 0 Å². The second kappa shape index (κ2) is 5.57. The van der Waals surface area contributed by atoms with Crippen molar-refractivity contribution in [3.8, 4) is 11.1 Å². The quantitative estimate of drug-likeness (QED) is 0.909. The maximum Gasteiger partial charge on any atom is 0.335 e. The Labute approximate surface area is 123 Å². The van der Waals surface area contributed by atoms with E-state index in [4.69, 9.17) is 5.11 Å². The van der Waals surface area contributed by atoms with Crippen LogP contribution < -0.4 is 4.72 Å². The van der Waals surface area contributed by atoms with Crippen molar-refractivity contribution in [1.29, 1.82) is 0 Å². The van der Waals surface area contributed by atoms with Gasteiger partial charge in [-0.3, -0.25) is 4.72 Å². The monoisotopic (exact) mass is 305 g/mol. The fourth-order valence-corrected chi connectivity index (χ4v) is 2.64. The molecule has 0 heterocycles. The summed E-state index contributed by atoms with van der Waals surface area (Å²) in [4.78, 5) is 10.9. The first kappa shape index (κ1) is 15.1. The third-order valence-electron chi connectivity index (χ3n) is 2.95. The zero-order valence-electron chi connectivity index (χ0n) is 11.6. The van der Waals surface area contributed by atoms with Crippen LogP contribution in [0.15, 0.2) is 42.5 Å². The van der Waals surface area contributed by atoms with E-state index in [0.717, 1.165) is 22.9 Å². The summed E-state index contributed by atoms with van der Waals surface area (Å²) in [6, 6.07) is 11.8. The van der Waals surface area contributed by atoms with E-state index in [1.165, 1.54) is 6.07 Å². The molecule has 2 aromatic rings. The fraction of sp³-hybridized carbons (Fsp3) is 0.133. The molecular weight excluding hydrogens is 290 g/mol. The van der Waals surface area contributed by atoms with E-state index < -0.39 is 16.0 Å². The largest absolute Gasteiger partial charge is 0.478 e. The van der Waals surface area contributed by atoms with E-state index in [-0.39, 0.29) is 5.56 Å². The third kappa shape index (κ3) is 3.82. The highest BCUT2D eigenvalue weighted by Gasteiger charge is 2.08. The number of carboxylic acids is 1. The van der Waals surface area contributed by atoms with Crippen LogP contribution in [-0.2, 0) is 10.0 Å². The Morgan fingerprint density at radius 2 is 1.86 bits per heavy atom. The van der Waals surface area contributed by atoms with Gasteiger partial charge in [-0.05, 0) is 47.9 Å². The molecule has 0 saturated carbocycles. The van der Waals surface area contributed by atoms with Crippen molar-refractivity contribution in [2.45, 2.75) is 6.92 Å². The summed E-state index contributed by atoms with van der Waals surface area (Å²) in [7, 11) is -3.33. The zero-order chi connectivity index (χ0) is 15.6. The fourth-order valence-electron chi connectivity index (χ4n) is 2.08. The van der Waals surface area contributed by atoms with E-state index in [2.05, 4.69) is 4.72 Å². The van der Waals surface area contributed by atoms with Gasteiger partial charge in [-0.1, -0.05) is 18.2 Å². The number of rotatable bonds is 4. The lowest BCUT2D eigenvalue weighted by molar-refractivity contribution is 0.0697. The second-order valence-corrected chi connectivity index (χ2v) is 6.54. The van der Waals surface area contributed by atoms with Gasteiger partial charge in [-0.15, -0.1) is 0 Å². The number of hydrogen-bond donors (Lipinski definition) is 2. The van der Waals surface area contributed by atoms with Crippen molar-refractivity contribution in [3.05, 3.63) is 53.6 Å². The molecule has 0 amide bonds. The molecule has 0 saturated heterocycles. The van der Waals surface area contributed by atoms with Crippen molar-refractivity contribution < 1.29 is 18.3 Å². The second-order valence-electron chi connectivity index (χ2n) is 4.79. The highest BCUT2D eigenvalue weighted by molar-refractivity contribution is 7.92. The van der Waals surface area contributed by atoms with E-state index in [9.17, 15) is 13.2 Å². The Morgan fingerprint density at radius 3 is 2.43 bits per heavy atom. The van der Waals surface area contributed by atoms with E-state index in [0.29, 0.717) is 5.69 Å². The Hall–Kier alpha value is -2.34. The summed E-state index contributed by atoms with van der Waals surface area (Å²) in [5.74, 6) is -0.975. The first-order chi connectivity index (χ1) is 9.76. The van der Waals surface area contributed by atoms with Crippen LogP contribution in [0.1, 0.15) is 15.9 Å². The predicted octanol–water partition coefficient (Wildman–Crippen LogP) is 2.73. The Morgan fingerprint density at radius 1 is 1.14 bits per heavy atom. The van der Waals surface area contributed by atoms with Crippen molar-refractivity contribution in [3.63, 3.8) is 0 Å². The van der Waals surface area contributed by atoms with Gasteiger partial charge in [0.1, 0.15) is 0 Å². The van der Waals surface area contributed by atoms with Gasteiger partial charge < -0.3 is 5.11 Å². The van der Waals surface area contributed by atoms with Gasteiger partial charge in [0.05, 0.1) is 11.8 Å². The van der Waals surface area contributed by atoms with Gasteiger partial charge in [-0.2, -0.15) is 0 Å². The molecule has 2 rings (SSSR count). The molecule has 0 bridgehead atoms. The van der Waals surface area contributed by atoms with Gasteiger partial charge in [0, 0.05) is 5.69 Å². The van der Waals surface area contributed by atoms with Crippen LogP contribution in [0.4, 0.5) is 5.69 Å². The average Bonchev–Trinajstić information content (AvgIpc) is 2.36. The first-order valence-corrected chi connectivity index (χ1v) is 8.07. The van der Waals surface area contributed by atoms with Crippen LogP contribution in [0.3, 0.4) is 0 Å². The summed E-state index contributed by atoms with van der Waals surface area (Å²) in [5, 5.41) is 8.97. The number of carbonyl (C=O) groups is 1. The minimum atomic E-state index is -3.33. The molecule has 0 aromatic heterocycles. The van der Waals surface area contributed by atoms with Gasteiger partial charge in [0.25, 0.3) is 0 Å². The highest BCUT2D eigenvalue weighted by Crippen LogP contribution is 2.27. The SMILES string of the molecule is Cc1cc(C(=O)O)ccc1-c1cccc(NS(C)(=O)=O)c1. The summed E-state index contributed by atoms with van der Waals surface area (Å²) in [6.07, 6.45) is 1.09. The molecule has 0 aliphatic rings. The lowest BCUT2D eigenvalue weighted by Gasteiger charge is -2.10. The Balaban J connectivity index is 2.43. The van der Waals surface area contributed by atoms with E-state index >= 15 is 0 Å². The number of aryl methyl sites for hydroxylation is 1. The topological polar surface area (TPSA) is 83.5 Å². The molecular formula is C15H15NO4S. The smallest absolute Gasteiger partial charge is 0.335 e. The zero-order valence-corrected chi connectivity index (χ0v) is 12.4. The molecule has 0 radical (unpaired) electrons. The highest BCUT2D eigenvalue weighted by atomic mass is 32.2. The van der Waals surface area contributed by atoms with Crippen molar-refractivity contribution in [2.24, 2.45) is 0 Å². The molecule has 2 aromatic carbocycles. The van der Waals surface area contributed by atoms with Crippen molar-refractivity contribution in [1.82, 2.24) is 0 Å². The standard InChI is InChI=1S/C15H15NO4S/c1-10-8-12(15(17)18)6-7-14(10)11-4-3-5-13(9-11)16-21(2,19)20/h3-9,16H,1-2H3,(H,17,18). The minimum absolute atomic E-state index is 0.224. The molecule has 0 fully saturated rings. The molecule has 2 N–H and O–H groups in total. The van der Waals surface area contributed by atoms with Gasteiger partial charge >= 0.3 is 5.97 Å². The molecule has 0 unspecified atom stereocenters. The molecule has 0 aliphatic carbocycles. The van der Waals surface area contributed by atoms with E-state index in [1.54, 1.807) is 30.3 Å². The number of aromatic carboxylic acids is 1. The molecule has 110 valence electrons. The number of hydrogen-bond acceptors (Lipinski definition) is 3. The van der Waals surface area contributed by atoms with Crippen molar-refractivity contribution >= 4 is 21.7 Å². The molecule has 0 spiro atoms. The van der Waals surface area contributed by atoms with E-state index in [1.807, 2.05) is 13.0 Å². The van der Waals surface area contributed by atoms with Crippen molar-refractivity contribution in [2.75, 3.05) is 11.0 Å². The third-order valence-corrected chi connectivity index (χ3v) is 3.56. The lowest BCUT2D eigenvalue weighted by Crippen LogP contribution is -2.09. The maximum absolute atomic E-state index is 11.3. The first-order valence-electron chi connectivity index (χ1n) is 6.18. The van der Waals surface area contributed by atoms with Crippen LogP contribution in [0.2, 0.25) is 0 Å². The number of carboxylic acid groups (broad SMARTS) is 1. The maximum atomic E-state index is 11.3. The van der Waals surface area contributed by atoms with Crippen LogP contribution in [0.25, 0.3) is 11.1 Å². The van der Waals surface area contributed by atoms with Crippen LogP contribution >= 0.6 is 0 Å². The molecule has 5 nitrogen and oxygen atoms in total. The van der Waals surface area contributed by atoms with Gasteiger partial charge in [0.2, 0.25) is 10.0 Å². The number of benzene rings is 2. The summed E-state index contributed by atoms with van der Waals surface area (Å²) >= 11 is 0. The molecule has 6 heteroatoms. The summed E-state index contributed by atoms with van der Waals surface area (Å²) in [5.41, 5.74) is 3.18. The van der Waals surface area contributed by atoms with Crippen LogP contribution in [0, 0.1) is 6.92 Å². The molecule has 21 heavy (non-hydrogen) atoms. The van der Waals surface area contributed by atoms with Gasteiger partial charge in [0.15, 0.2) is 0 Å². The summed E-state index contributed by atoms with van der Waals surface area (Å²) in [6.45, 7) is 1.82. The predicted molar refractivity (Wildman–Crippen MR) is 82.0 cm³/mol. The number of anilines is 1. The molecule has 0 aliphatic heterocycles. The normalized spacial score (nSPS) is 11.1. The van der Waals surface area contributed by atoms with Gasteiger partial charge in [-0.25, -0.2) is 13.2 Å². The Bertz CT molecular complexity index is 797. The van der Waals surface area contributed by atoms with Crippen LogP contribution in [-0.4, -0.2) is 25.7 Å². The Kier molecular flexibility index (Phi) is 3.99. The number of sulfonamides is 1. The lowest BCUT2D eigenvalue weighted by atomic mass is 9.98. The average molecular weight is 305 g/mol. The minimum Gasteiger partial charge on any atom is -0.478 e. The number of nitrogens with one attached hydrogen (secondary N) is 1.